The minimum Gasteiger partial charge on any atom is -0.288 e. The van der Waals surface area contributed by atoms with Gasteiger partial charge in [-0.15, -0.1) is 11.3 Å². The monoisotopic (exact) mass is 413 g/mol. The van der Waals surface area contributed by atoms with Gasteiger partial charge in [0.1, 0.15) is 10.1 Å². The molecule has 0 spiro atoms. The molecule has 2 heterocycles. The fourth-order valence-corrected chi connectivity index (χ4v) is 4.63. The summed E-state index contributed by atoms with van der Waals surface area (Å²) in [5.41, 5.74) is 0.845. The van der Waals surface area contributed by atoms with Crippen LogP contribution in [0.5, 0.6) is 0 Å². The molecule has 0 radical (unpaired) electrons. The third-order valence-electron chi connectivity index (χ3n) is 2.99. The highest BCUT2D eigenvalue weighted by atomic mass is 79.9. The summed E-state index contributed by atoms with van der Waals surface area (Å²) in [6.07, 6.45) is 1.85. The smallest absolute Gasteiger partial charge is 0.266 e. The maximum Gasteiger partial charge on any atom is 0.266 e. The van der Waals surface area contributed by atoms with E-state index in [1.807, 2.05) is 18.2 Å². The Kier molecular flexibility index (Phi) is 4.77. The lowest BCUT2D eigenvalue weighted by Crippen LogP contribution is -2.27. The molecule has 112 valence electrons. The van der Waals surface area contributed by atoms with E-state index in [4.69, 9.17) is 12.2 Å². The Morgan fingerprint density at radius 2 is 1.95 bits per heavy atom. The van der Waals surface area contributed by atoms with E-state index in [1.54, 1.807) is 28.4 Å². The number of carbonyl (C=O) groups excluding carboxylic acids is 1. The summed E-state index contributed by atoms with van der Waals surface area (Å²) < 4.78 is 14.5. The molecule has 0 aliphatic carbocycles. The molecular formula is C15H9BrFNOS3. The van der Waals surface area contributed by atoms with Gasteiger partial charge in [0, 0.05) is 4.88 Å². The van der Waals surface area contributed by atoms with Crippen LogP contribution in [0.2, 0.25) is 0 Å². The average Bonchev–Trinajstić information content (AvgIpc) is 3.00. The molecule has 1 aliphatic heterocycles. The van der Waals surface area contributed by atoms with E-state index in [0.29, 0.717) is 15.8 Å². The molecule has 0 unspecified atom stereocenters. The SMILES string of the molecule is O=C1/C(=C/c2ccc(Br)s2)SC(=S)N1Cc1ccc(F)cc1. The number of thioether (sulfide) groups is 1. The molecule has 0 bridgehead atoms. The van der Waals surface area contributed by atoms with Gasteiger partial charge >= 0.3 is 0 Å². The Morgan fingerprint density at radius 1 is 1.23 bits per heavy atom. The van der Waals surface area contributed by atoms with Gasteiger partial charge in [-0.2, -0.15) is 0 Å². The van der Waals surface area contributed by atoms with E-state index in [0.717, 1.165) is 14.2 Å². The molecule has 1 aromatic carbocycles. The molecular weight excluding hydrogens is 405 g/mol. The van der Waals surface area contributed by atoms with Gasteiger partial charge in [-0.05, 0) is 51.8 Å². The van der Waals surface area contributed by atoms with Crippen LogP contribution in [0, 0.1) is 5.82 Å². The normalized spacial score (nSPS) is 16.8. The number of thiophene rings is 1. The van der Waals surface area contributed by atoms with Crippen molar-refractivity contribution in [2.45, 2.75) is 6.54 Å². The summed E-state index contributed by atoms with van der Waals surface area (Å²) in [6, 6.07) is 9.97. The van der Waals surface area contributed by atoms with Gasteiger partial charge in [-0.1, -0.05) is 36.1 Å². The molecule has 1 saturated heterocycles. The van der Waals surface area contributed by atoms with Crippen molar-refractivity contribution in [1.29, 1.82) is 0 Å². The van der Waals surface area contributed by atoms with Crippen LogP contribution in [0.3, 0.4) is 0 Å². The molecule has 0 saturated carbocycles. The van der Waals surface area contributed by atoms with Gasteiger partial charge in [0.15, 0.2) is 0 Å². The summed E-state index contributed by atoms with van der Waals surface area (Å²) in [5, 5.41) is 0. The van der Waals surface area contributed by atoms with Crippen molar-refractivity contribution in [2.75, 3.05) is 0 Å². The highest BCUT2D eigenvalue weighted by Crippen LogP contribution is 2.35. The molecule has 0 atom stereocenters. The predicted molar refractivity (Wildman–Crippen MR) is 97.1 cm³/mol. The summed E-state index contributed by atoms with van der Waals surface area (Å²) >= 11 is 11.5. The zero-order chi connectivity index (χ0) is 15.7. The Bertz CT molecular complexity index is 769. The Morgan fingerprint density at radius 3 is 2.59 bits per heavy atom. The van der Waals surface area contributed by atoms with Crippen molar-refractivity contribution < 1.29 is 9.18 Å². The lowest BCUT2D eigenvalue weighted by atomic mass is 10.2. The first-order valence-corrected chi connectivity index (χ1v) is 9.11. The molecule has 22 heavy (non-hydrogen) atoms. The van der Waals surface area contributed by atoms with E-state index >= 15 is 0 Å². The topological polar surface area (TPSA) is 20.3 Å². The second-order valence-electron chi connectivity index (χ2n) is 4.54. The number of amides is 1. The van der Waals surface area contributed by atoms with Gasteiger partial charge in [-0.25, -0.2) is 4.39 Å². The Hall–Kier alpha value is -1.02. The molecule has 1 amide bonds. The Labute approximate surface area is 149 Å². The van der Waals surface area contributed by atoms with Crippen molar-refractivity contribution >= 4 is 67.6 Å². The van der Waals surface area contributed by atoms with Gasteiger partial charge in [0.2, 0.25) is 0 Å². The molecule has 7 heteroatoms. The van der Waals surface area contributed by atoms with Crippen molar-refractivity contribution in [2.24, 2.45) is 0 Å². The van der Waals surface area contributed by atoms with Crippen LogP contribution in [0.4, 0.5) is 4.39 Å². The number of nitrogens with zero attached hydrogens (tertiary/aromatic N) is 1. The van der Waals surface area contributed by atoms with E-state index < -0.39 is 0 Å². The summed E-state index contributed by atoms with van der Waals surface area (Å²) in [4.78, 5) is 15.6. The zero-order valence-corrected chi connectivity index (χ0v) is 15.1. The zero-order valence-electron chi connectivity index (χ0n) is 11.1. The largest absolute Gasteiger partial charge is 0.288 e. The van der Waals surface area contributed by atoms with Gasteiger partial charge in [-0.3, -0.25) is 9.69 Å². The van der Waals surface area contributed by atoms with Crippen LogP contribution in [0.1, 0.15) is 10.4 Å². The third-order valence-corrected chi connectivity index (χ3v) is 5.94. The van der Waals surface area contributed by atoms with Gasteiger partial charge in [0.25, 0.3) is 5.91 Å². The highest BCUT2D eigenvalue weighted by Gasteiger charge is 2.32. The maximum atomic E-state index is 12.9. The van der Waals surface area contributed by atoms with Crippen molar-refractivity contribution in [1.82, 2.24) is 4.90 Å². The second-order valence-corrected chi connectivity index (χ2v) is 8.71. The number of hydrogen-bond donors (Lipinski definition) is 0. The van der Waals surface area contributed by atoms with Crippen LogP contribution in [0.25, 0.3) is 6.08 Å². The fourth-order valence-electron chi connectivity index (χ4n) is 1.94. The Balaban J connectivity index is 1.79. The summed E-state index contributed by atoms with van der Waals surface area (Å²) in [5.74, 6) is -0.402. The van der Waals surface area contributed by atoms with E-state index in [1.165, 1.54) is 23.9 Å². The van der Waals surface area contributed by atoms with Gasteiger partial charge in [0.05, 0.1) is 15.2 Å². The lowest BCUT2D eigenvalue weighted by molar-refractivity contribution is -0.122. The van der Waals surface area contributed by atoms with E-state index in [9.17, 15) is 9.18 Å². The van der Waals surface area contributed by atoms with E-state index in [2.05, 4.69) is 15.9 Å². The van der Waals surface area contributed by atoms with Gasteiger partial charge < -0.3 is 0 Å². The first kappa shape index (κ1) is 15.9. The fraction of sp³-hybridized carbons (Fsp3) is 0.0667. The minimum absolute atomic E-state index is 0.108. The molecule has 1 aliphatic rings. The molecule has 1 aromatic heterocycles. The van der Waals surface area contributed by atoms with Crippen LogP contribution < -0.4 is 0 Å². The number of halogens is 2. The van der Waals surface area contributed by atoms with Crippen molar-refractivity contribution in [3.63, 3.8) is 0 Å². The van der Waals surface area contributed by atoms with E-state index in [-0.39, 0.29) is 11.7 Å². The standard InChI is InChI=1S/C15H9BrFNOS3/c16-13-6-5-11(21-13)7-12-14(19)18(15(20)22-12)8-9-1-3-10(17)4-2-9/h1-7H,8H2/b12-7-. The number of carbonyl (C=O) groups is 1. The number of benzene rings is 1. The number of rotatable bonds is 3. The van der Waals surface area contributed by atoms with Crippen molar-refractivity contribution in [3.8, 4) is 0 Å². The summed E-state index contributed by atoms with van der Waals surface area (Å²) in [6.45, 7) is 0.358. The minimum atomic E-state index is -0.294. The van der Waals surface area contributed by atoms with Crippen LogP contribution in [0.15, 0.2) is 45.1 Å². The molecule has 2 nitrogen and oxygen atoms in total. The second kappa shape index (κ2) is 6.62. The number of thiocarbonyl (C=S) groups is 1. The first-order chi connectivity index (χ1) is 10.5. The molecule has 0 N–H and O–H groups in total. The van der Waals surface area contributed by atoms with Crippen molar-refractivity contribution in [3.05, 3.63) is 61.3 Å². The quantitative estimate of drug-likeness (QED) is 0.518. The molecule has 1 fully saturated rings. The number of hydrogen-bond acceptors (Lipinski definition) is 4. The maximum absolute atomic E-state index is 12.9. The average molecular weight is 414 g/mol. The van der Waals surface area contributed by atoms with Crippen LogP contribution in [-0.2, 0) is 11.3 Å². The molecule has 3 rings (SSSR count). The van der Waals surface area contributed by atoms with Crippen LogP contribution in [-0.4, -0.2) is 15.1 Å². The summed E-state index contributed by atoms with van der Waals surface area (Å²) in [7, 11) is 0. The lowest BCUT2D eigenvalue weighted by Gasteiger charge is -2.14. The molecule has 2 aromatic rings. The van der Waals surface area contributed by atoms with Crippen LogP contribution >= 0.6 is 51.2 Å². The highest BCUT2D eigenvalue weighted by molar-refractivity contribution is 9.11. The first-order valence-electron chi connectivity index (χ1n) is 6.28. The predicted octanol–water partition coefficient (Wildman–Crippen LogP) is 5.05. The third kappa shape index (κ3) is 3.48.